The van der Waals surface area contributed by atoms with Gasteiger partial charge in [-0.3, -0.25) is 4.79 Å². The highest BCUT2D eigenvalue weighted by atomic mass is 31.2. The Kier molecular flexibility index (Phi) is 4.96. The van der Waals surface area contributed by atoms with E-state index in [1.54, 1.807) is 0 Å². The van der Waals surface area contributed by atoms with Crippen molar-refractivity contribution in [2.24, 2.45) is 0 Å². The van der Waals surface area contributed by atoms with Crippen molar-refractivity contribution in [3.63, 3.8) is 0 Å². The Hall–Kier alpha value is -2.64. The van der Waals surface area contributed by atoms with Crippen molar-refractivity contribution < 1.29 is 14.1 Å². The minimum absolute atomic E-state index is 0.229. The van der Waals surface area contributed by atoms with Crippen LogP contribution in [-0.2, 0) is 14.1 Å². The monoisotopic (exact) mass is 376 g/mol. The van der Waals surface area contributed by atoms with Crippen LogP contribution >= 0.6 is 7.14 Å². The number of cyclic esters (lactones) is 1. The quantitative estimate of drug-likeness (QED) is 0.499. The van der Waals surface area contributed by atoms with Gasteiger partial charge in [0.1, 0.15) is 13.2 Å². The van der Waals surface area contributed by atoms with Crippen molar-refractivity contribution in [2.45, 2.75) is 24.6 Å². The van der Waals surface area contributed by atoms with E-state index in [4.69, 9.17) is 4.74 Å². The summed E-state index contributed by atoms with van der Waals surface area (Å²) >= 11 is 0. The van der Waals surface area contributed by atoms with Gasteiger partial charge in [0, 0.05) is 17.0 Å². The molecule has 1 aliphatic heterocycles. The Morgan fingerprint density at radius 1 is 0.741 bits per heavy atom. The van der Waals surface area contributed by atoms with Gasteiger partial charge < -0.3 is 9.30 Å². The van der Waals surface area contributed by atoms with Crippen LogP contribution in [0.2, 0.25) is 0 Å². The fraction of sp³-hybridized carbons (Fsp3) is 0.174. The highest BCUT2D eigenvalue weighted by molar-refractivity contribution is 7.79. The second-order valence-corrected chi connectivity index (χ2v) is 9.77. The molecule has 3 aromatic rings. The van der Waals surface area contributed by atoms with Gasteiger partial charge in [-0.2, -0.15) is 0 Å². The third-order valence-electron chi connectivity index (χ3n) is 5.13. The van der Waals surface area contributed by atoms with Gasteiger partial charge in [0.15, 0.2) is 0 Å². The van der Waals surface area contributed by atoms with Gasteiger partial charge in [-0.15, -0.1) is 0 Å². The number of hydrogen-bond donors (Lipinski definition) is 0. The zero-order valence-electron chi connectivity index (χ0n) is 14.9. The molecule has 3 aromatic carbocycles. The molecular formula is C23H21O3P. The average molecular weight is 376 g/mol. The van der Waals surface area contributed by atoms with E-state index in [1.807, 2.05) is 91.0 Å². The molecule has 0 radical (unpaired) electrons. The maximum absolute atomic E-state index is 14.7. The van der Waals surface area contributed by atoms with Gasteiger partial charge in [0.05, 0.1) is 5.66 Å². The molecule has 0 unspecified atom stereocenters. The molecule has 136 valence electrons. The summed E-state index contributed by atoms with van der Waals surface area (Å²) in [6.07, 6.45) is 0.315. The third-order valence-corrected chi connectivity index (χ3v) is 8.72. The molecule has 1 fully saturated rings. The molecule has 0 aromatic heterocycles. The number of hydrogen-bond acceptors (Lipinski definition) is 3. The Morgan fingerprint density at radius 2 is 1.22 bits per heavy atom. The van der Waals surface area contributed by atoms with E-state index in [0.717, 1.165) is 16.2 Å². The van der Waals surface area contributed by atoms with Crippen LogP contribution in [0.4, 0.5) is 0 Å². The molecule has 27 heavy (non-hydrogen) atoms. The highest BCUT2D eigenvalue weighted by Crippen LogP contribution is 2.56. The molecular weight excluding hydrogens is 355 g/mol. The minimum Gasteiger partial charge on any atom is -0.457 e. The predicted octanol–water partition coefficient (Wildman–Crippen LogP) is 4.45. The van der Waals surface area contributed by atoms with Crippen molar-refractivity contribution in [3.05, 3.63) is 96.6 Å². The number of carbonyl (C=O) groups excluding carboxylic acids is 1. The first-order valence-corrected chi connectivity index (χ1v) is 10.9. The second kappa shape index (κ2) is 7.54. The van der Waals surface area contributed by atoms with Crippen LogP contribution in [0.25, 0.3) is 0 Å². The Balaban J connectivity index is 1.88. The molecule has 4 rings (SSSR count). The van der Waals surface area contributed by atoms with Crippen LogP contribution in [-0.4, -0.2) is 11.6 Å². The summed E-state index contributed by atoms with van der Waals surface area (Å²) in [5, 5.41) is 1.61. The first-order valence-electron chi connectivity index (χ1n) is 9.15. The first-order chi connectivity index (χ1) is 13.2. The van der Waals surface area contributed by atoms with Crippen LogP contribution < -0.4 is 10.6 Å². The van der Waals surface area contributed by atoms with Gasteiger partial charge >= 0.3 is 5.97 Å². The van der Waals surface area contributed by atoms with E-state index < -0.39 is 13.2 Å². The summed E-state index contributed by atoms with van der Waals surface area (Å²) in [7, 11) is -3.02. The van der Waals surface area contributed by atoms with E-state index in [9.17, 15) is 9.36 Å². The van der Waals surface area contributed by atoms with Crippen molar-refractivity contribution in [1.29, 1.82) is 0 Å². The number of ether oxygens (including phenoxy) is 1. The minimum atomic E-state index is -3.02. The maximum Gasteiger partial charge on any atom is 0.306 e. The Labute approximate surface area is 159 Å². The van der Waals surface area contributed by atoms with Gasteiger partial charge in [0.25, 0.3) is 0 Å². The SMILES string of the molecule is O=C1CC[C@@H](P(=O)(c2ccccc2)c2ccccc2)[C@H](c2ccccc2)O1. The molecule has 0 aliphatic carbocycles. The highest BCUT2D eigenvalue weighted by Gasteiger charge is 2.46. The lowest BCUT2D eigenvalue weighted by Gasteiger charge is -2.37. The summed E-state index contributed by atoms with van der Waals surface area (Å²) in [5.74, 6) is -0.229. The van der Waals surface area contributed by atoms with Crippen molar-refractivity contribution in [3.8, 4) is 0 Å². The molecule has 2 atom stereocenters. The van der Waals surface area contributed by atoms with Gasteiger partial charge in [-0.1, -0.05) is 91.0 Å². The lowest BCUT2D eigenvalue weighted by Crippen LogP contribution is -2.36. The fourth-order valence-electron chi connectivity index (χ4n) is 3.83. The van der Waals surface area contributed by atoms with Crippen molar-refractivity contribution >= 4 is 23.7 Å². The van der Waals surface area contributed by atoms with E-state index >= 15 is 0 Å². The standard InChI is InChI=1S/C23H21O3P/c24-22-17-16-21(23(26-22)18-10-4-1-5-11-18)27(25,19-12-6-2-7-13-19)20-14-8-3-9-15-20/h1-15,21,23H,16-17H2/t21-,23+/m1/s1. The normalized spacial score (nSPS) is 20.1. The first kappa shape index (κ1) is 17.8. The Bertz CT molecular complexity index is 911. The molecule has 1 aliphatic rings. The topological polar surface area (TPSA) is 43.4 Å². The van der Waals surface area contributed by atoms with E-state index in [-0.39, 0.29) is 18.0 Å². The van der Waals surface area contributed by atoms with Crippen LogP contribution in [0.1, 0.15) is 24.5 Å². The fourth-order valence-corrected chi connectivity index (χ4v) is 7.23. The molecule has 4 heteroatoms. The van der Waals surface area contributed by atoms with Gasteiger partial charge in [-0.05, 0) is 12.0 Å². The predicted molar refractivity (Wildman–Crippen MR) is 108 cm³/mol. The van der Waals surface area contributed by atoms with E-state index in [2.05, 4.69) is 0 Å². The summed E-state index contributed by atoms with van der Waals surface area (Å²) in [6.45, 7) is 0. The largest absolute Gasteiger partial charge is 0.457 e. The van der Waals surface area contributed by atoms with E-state index in [0.29, 0.717) is 6.42 Å². The molecule has 1 heterocycles. The van der Waals surface area contributed by atoms with Crippen LogP contribution in [0.3, 0.4) is 0 Å². The summed E-state index contributed by atoms with van der Waals surface area (Å²) in [5.41, 5.74) is 0.602. The van der Waals surface area contributed by atoms with Gasteiger partial charge in [-0.25, -0.2) is 0 Å². The molecule has 0 bridgehead atoms. The third kappa shape index (κ3) is 3.36. The number of carbonyl (C=O) groups is 1. The average Bonchev–Trinajstić information content (AvgIpc) is 2.75. The second-order valence-electron chi connectivity index (χ2n) is 6.76. The summed E-state index contributed by atoms with van der Waals surface area (Å²) < 4.78 is 20.4. The maximum atomic E-state index is 14.7. The Morgan fingerprint density at radius 3 is 1.74 bits per heavy atom. The molecule has 0 saturated carbocycles. The summed E-state index contributed by atoms with van der Waals surface area (Å²) in [4.78, 5) is 12.1. The lowest BCUT2D eigenvalue weighted by atomic mass is 10.0. The van der Waals surface area contributed by atoms with E-state index in [1.165, 1.54) is 0 Å². The van der Waals surface area contributed by atoms with Gasteiger partial charge in [0.2, 0.25) is 0 Å². The lowest BCUT2D eigenvalue weighted by molar-refractivity contribution is -0.153. The van der Waals surface area contributed by atoms with Crippen molar-refractivity contribution in [1.82, 2.24) is 0 Å². The number of benzene rings is 3. The smallest absolute Gasteiger partial charge is 0.306 e. The molecule has 0 N–H and O–H groups in total. The van der Waals surface area contributed by atoms with Crippen LogP contribution in [0, 0.1) is 0 Å². The van der Waals surface area contributed by atoms with Crippen LogP contribution in [0.5, 0.6) is 0 Å². The number of esters is 1. The molecule has 1 saturated heterocycles. The zero-order valence-corrected chi connectivity index (χ0v) is 15.8. The zero-order chi connectivity index (χ0) is 18.7. The molecule has 0 amide bonds. The van der Waals surface area contributed by atoms with Crippen molar-refractivity contribution in [2.75, 3.05) is 0 Å². The number of rotatable bonds is 4. The summed E-state index contributed by atoms with van der Waals surface area (Å²) in [6, 6.07) is 28.9. The van der Waals surface area contributed by atoms with Crippen LogP contribution in [0.15, 0.2) is 91.0 Å². The molecule has 0 spiro atoms. The molecule has 3 nitrogen and oxygen atoms in total.